The zero-order chi connectivity index (χ0) is 27.5. The number of carboxylic acids is 1. The highest BCUT2D eigenvalue weighted by atomic mass is 79.9. The van der Waals surface area contributed by atoms with Crippen LogP contribution in [0.5, 0.6) is 5.75 Å². The molecular weight excluding hydrogens is 572 g/mol. The molecule has 8 nitrogen and oxygen atoms in total. The lowest BCUT2D eigenvalue weighted by atomic mass is 10.0. The van der Waals surface area contributed by atoms with E-state index in [-0.39, 0.29) is 12.3 Å². The van der Waals surface area contributed by atoms with Gasteiger partial charge in [-0.1, -0.05) is 65.3 Å². The minimum absolute atomic E-state index is 0.129. The number of aliphatic carboxylic acids is 1. The third-order valence-corrected chi connectivity index (χ3v) is 7.25. The minimum Gasteiger partial charge on any atom is -0.481 e. The van der Waals surface area contributed by atoms with E-state index in [2.05, 4.69) is 21.2 Å². The number of nitrogens with zero attached hydrogens (tertiary/aromatic N) is 1. The molecule has 0 saturated carbocycles. The molecule has 0 bridgehead atoms. The van der Waals surface area contributed by atoms with Crippen LogP contribution in [0.2, 0.25) is 0 Å². The Balaban J connectivity index is 1.56. The smallest absolute Gasteiger partial charge is 0.327 e. The Labute approximate surface area is 233 Å². The molecule has 0 saturated heterocycles. The van der Waals surface area contributed by atoms with Gasteiger partial charge in [0.25, 0.3) is 17.2 Å². The first-order valence-electron chi connectivity index (χ1n) is 12.3. The number of carboxylic acid groups (broad SMARTS) is 1. The number of nitrogens with one attached hydrogen (secondary N) is 1. The number of hydrogen-bond donors (Lipinski definition) is 3. The molecule has 0 spiro atoms. The van der Waals surface area contributed by atoms with Crippen LogP contribution in [0.3, 0.4) is 0 Å². The molecule has 202 valence electrons. The van der Waals surface area contributed by atoms with E-state index in [0.717, 1.165) is 19.9 Å². The number of benzene rings is 3. The number of amides is 1. The number of carbonyl (C=O) groups excluding carboxylic acids is 1. The lowest BCUT2D eigenvalue weighted by molar-refractivity contribution is -0.138. The van der Waals surface area contributed by atoms with Crippen LogP contribution in [-0.4, -0.2) is 44.4 Å². The highest BCUT2D eigenvalue weighted by molar-refractivity contribution is 9.10. The summed E-state index contributed by atoms with van der Waals surface area (Å²) in [5, 5.41) is 12.7. The maximum atomic E-state index is 12.5. The molecule has 1 amide bonds. The summed E-state index contributed by atoms with van der Waals surface area (Å²) in [6.07, 6.45) is 0.935. The summed E-state index contributed by atoms with van der Waals surface area (Å²) in [7, 11) is 0. The van der Waals surface area contributed by atoms with E-state index in [0.29, 0.717) is 37.2 Å². The molecule has 0 fully saturated rings. The number of ether oxygens (including phenoxy) is 1. The molecule has 0 radical (unpaired) electrons. The number of halogens is 1. The number of anilines is 1. The van der Waals surface area contributed by atoms with E-state index >= 15 is 0 Å². The highest BCUT2D eigenvalue weighted by Gasteiger charge is 2.29. The molecule has 0 heterocycles. The lowest BCUT2D eigenvalue weighted by Gasteiger charge is -2.27. The van der Waals surface area contributed by atoms with Crippen LogP contribution >= 0.6 is 15.9 Å². The molecule has 0 aliphatic carbocycles. The Morgan fingerprint density at radius 3 is 2.13 bits per heavy atom. The topological polar surface area (TPSA) is 116 Å². The third kappa shape index (κ3) is 8.41. The normalized spacial score (nSPS) is 13.2. The maximum Gasteiger partial charge on any atom is 0.327 e. The molecule has 3 aromatic rings. The van der Waals surface area contributed by atoms with Gasteiger partial charge in [-0.15, -0.1) is 0 Å². The van der Waals surface area contributed by atoms with Crippen LogP contribution in [0.15, 0.2) is 83.3 Å². The van der Waals surface area contributed by atoms with Crippen molar-refractivity contribution in [1.82, 2.24) is 5.32 Å². The zero-order valence-electron chi connectivity index (χ0n) is 21.0. The van der Waals surface area contributed by atoms with E-state index in [9.17, 15) is 23.5 Å². The van der Waals surface area contributed by atoms with Crippen LogP contribution in [0.25, 0.3) is 11.1 Å². The van der Waals surface area contributed by atoms with E-state index in [1.807, 2.05) is 49.4 Å². The number of para-hydroxylation sites is 1. The average Bonchev–Trinajstić information content (AvgIpc) is 2.91. The predicted octanol–water partition coefficient (Wildman–Crippen LogP) is 5.66. The number of carbonyl (C=O) groups is 2. The van der Waals surface area contributed by atoms with Gasteiger partial charge in [0.05, 0.1) is 5.69 Å². The van der Waals surface area contributed by atoms with Crippen molar-refractivity contribution < 1.29 is 28.2 Å². The Morgan fingerprint density at radius 2 is 1.58 bits per heavy atom. The van der Waals surface area contributed by atoms with Gasteiger partial charge >= 0.3 is 5.97 Å². The fraction of sp³-hybridized carbons (Fsp3) is 0.286. The largest absolute Gasteiger partial charge is 0.481 e. The monoisotopic (exact) mass is 602 g/mol. The minimum atomic E-state index is -2.54. The van der Waals surface area contributed by atoms with Gasteiger partial charge in [0.2, 0.25) is 0 Å². The molecule has 0 aliphatic heterocycles. The zero-order valence-corrected chi connectivity index (χ0v) is 23.4. The first-order valence-corrected chi connectivity index (χ1v) is 14.1. The maximum absolute atomic E-state index is 12.5. The van der Waals surface area contributed by atoms with Crippen molar-refractivity contribution in [3.63, 3.8) is 0 Å². The van der Waals surface area contributed by atoms with Gasteiger partial charge in [0.1, 0.15) is 11.8 Å². The molecule has 3 N–H and O–H groups in total. The van der Waals surface area contributed by atoms with Crippen molar-refractivity contribution in [2.24, 2.45) is 0 Å². The molecule has 3 aromatic carbocycles. The number of unbranched alkanes of at least 4 members (excludes halogenated alkanes) is 1. The quantitative estimate of drug-likeness (QED) is 0.162. The second-order valence-electron chi connectivity index (χ2n) is 8.58. The van der Waals surface area contributed by atoms with E-state index < -0.39 is 29.4 Å². The summed E-state index contributed by atoms with van der Waals surface area (Å²) < 4.78 is 29.8. The first kappa shape index (κ1) is 29.3. The van der Waals surface area contributed by atoms with Gasteiger partial charge in [0, 0.05) is 11.0 Å². The highest BCUT2D eigenvalue weighted by Crippen LogP contribution is 2.27. The lowest BCUT2D eigenvalue weighted by Crippen LogP contribution is -2.42. The third-order valence-electron chi connectivity index (χ3n) is 5.92. The van der Waals surface area contributed by atoms with Gasteiger partial charge in [0.15, 0.2) is 6.10 Å². The molecular formula is C28H31BrN2O6S. The van der Waals surface area contributed by atoms with Crippen LogP contribution in [-0.2, 0) is 20.9 Å². The van der Waals surface area contributed by atoms with Crippen LogP contribution in [0.4, 0.5) is 5.69 Å². The molecule has 3 rings (SSSR count). The van der Waals surface area contributed by atoms with Gasteiger partial charge in [-0.25, -0.2) is 9.00 Å². The molecule has 38 heavy (non-hydrogen) atoms. The van der Waals surface area contributed by atoms with Crippen molar-refractivity contribution in [3.8, 4) is 16.9 Å². The second-order valence-corrected chi connectivity index (χ2v) is 10.3. The van der Waals surface area contributed by atoms with Gasteiger partial charge in [-0.3, -0.25) is 13.7 Å². The Bertz CT molecular complexity index is 1210. The van der Waals surface area contributed by atoms with Crippen molar-refractivity contribution in [1.29, 1.82) is 0 Å². The average molecular weight is 604 g/mol. The fourth-order valence-corrected chi connectivity index (χ4v) is 4.92. The van der Waals surface area contributed by atoms with Crippen molar-refractivity contribution in [3.05, 3.63) is 83.3 Å². The molecule has 3 atom stereocenters. The van der Waals surface area contributed by atoms with Crippen LogP contribution < -0.4 is 14.4 Å². The molecule has 0 aliphatic rings. The van der Waals surface area contributed by atoms with E-state index in [1.54, 1.807) is 36.4 Å². The molecule has 0 aromatic heterocycles. The Hall–Kier alpha value is -3.21. The Morgan fingerprint density at radius 1 is 0.974 bits per heavy atom. The van der Waals surface area contributed by atoms with E-state index in [1.165, 1.54) is 0 Å². The number of hydrogen-bond acceptors (Lipinski definition) is 4. The standard InChI is InChI=1S/C28H31BrN2O6S/c1-2-26(37-24-8-4-3-5-9-24)27(32)30-19-7-6-10-25(28(33)34)31(38(35)36)23-17-13-21(14-18-23)20-11-15-22(29)16-12-20/h3-5,8-9,11-18,25-26H,2,6-7,10,19H2,1H3,(H,30,32)(H,33,34)(H,35,36). The molecule has 10 heteroatoms. The SMILES string of the molecule is CCC(Oc1ccccc1)C(=O)NCCCCC(C(=O)O)N(c1ccc(-c2ccc(Br)cc2)cc1)S(=O)O. The summed E-state index contributed by atoms with van der Waals surface area (Å²) in [6.45, 7) is 2.20. The van der Waals surface area contributed by atoms with Crippen molar-refractivity contribution in [2.45, 2.75) is 44.8 Å². The second kappa shape index (κ2) is 14.7. The summed E-state index contributed by atoms with van der Waals surface area (Å²) in [5.41, 5.74) is 2.19. The first-order chi connectivity index (χ1) is 18.3. The van der Waals surface area contributed by atoms with Crippen molar-refractivity contribution >= 4 is 44.8 Å². The molecule has 3 unspecified atom stereocenters. The Kier molecular flexibility index (Phi) is 11.3. The van der Waals surface area contributed by atoms with Crippen LogP contribution in [0, 0.1) is 0 Å². The number of rotatable bonds is 14. The van der Waals surface area contributed by atoms with Crippen molar-refractivity contribution in [2.75, 3.05) is 10.8 Å². The van der Waals surface area contributed by atoms with Crippen LogP contribution in [0.1, 0.15) is 32.6 Å². The van der Waals surface area contributed by atoms with Gasteiger partial charge in [-0.2, -0.15) is 0 Å². The fourth-order valence-electron chi connectivity index (χ4n) is 3.94. The van der Waals surface area contributed by atoms with Gasteiger partial charge in [-0.05, 0) is 73.2 Å². The summed E-state index contributed by atoms with van der Waals surface area (Å²) in [6, 6.07) is 22.5. The summed E-state index contributed by atoms with van der Waals surface area (Å²) >= 11 is 0.862. The predicted molar refractivity (Wildman–Crippen MR) is 152 cm³/mol. The van der Waals surface area contributed by atoms with Gasteiger partial charge < -0.3 is 15.2 Å². The summed E-state index contributed by atoms with van der Waals surface area (Å²) in [5.74, 6) is -0.827. The van der Waals surface area contributed by atoms with E-state index in [4.69, 9.17) is 4.74 Å². The summed E-state index contributed by atoms with van der Waals surface area (Å²) in [4.78, 5) is 24.5.